The first-order valence-corrected chi connectivity index (χ1v) is 10.3. The summed E-state index contributed by atoms with van der Waals surface area (Å²) in [6, 6.07) is 5.81. The van der Waals surface area contributed by atoms with Crippen LogP contribution < -0.4 is 4.74 Å². The second-order valence-electron chi connectivity index (χ2n) is 6.51. The number of sulfone groups is 1. The molecule has 1 aromatic carbocycles. The second kappa shape index (κ2) is 8.01. The summed E-state index contributed by atoms with van der Waals surface area (Å²) >= 11 is 0. The average molecular weight is 353 g/mol. The van der Waals surface area contributed by atoms with Gasteiger partial charge in [-0.25, -0.2) is 8.42 Å². The standard InChI is InChI=1S/C18H27NO4S/c1-4-9-19(16-8-11-24(21,22)13-16)18(20)7-10-23-17-12-14(2)5-6-15(17)3/h5-6,12,16H,4,7-11,13H2,1-3H3. The molecule has 0 aliphatic carbocycles. The molecule has 0 spiro atoms. The molecule has 134 valence electrons. The summed E-state index contributed by atoms with van der Waals surface area (Å²) in [6.45, 7) is 6.88. The van der Waals surface area contributed by atoms with Crippen LogP contribution in [0.15, 0.2) is 18.2 Å². The molecule has 1 fully saturated rings. The largest absolute Gasteiger partial charge is 0.493 e. The average Bonchev–Trinajstić information content (AvgIpc) is 2.88. The summed E-state index contributed by atoms with van der Waals surface area (Å²) in [5.41, 5.74) is 2.16. The number of hydrogen-bond donors (Lipinski definition) is 0. The molecule has 24 heavy (non-hydrogen) atoms. The van der Waals surface area contributed by atoms with E-state index >= 15 is 0 Å². The number of hydrogen-bond acceptors (Lipinski definition) is 4. The SMILES string of the molecule is CCCN(C(=O)CCOc1cc(C)ccc1C)C1CCS(=O)(=O)C1. The van der Waals surface area contributed by atoms with Gasteiger partial charge in [0.25, 0.3) is 0 Å². The molecular weight excluding hydrogens is 326 g/mol. The van der Waals surface area contributed by atoms with E-state index in [1.807, 2.05) is 39.0 Å². The van der Waals surface area contributed by atoms with Gasteiger partial charge in [0.2, 0.25) is 5.91 Å². The summed E-state index contributed by atoms with van der Waals surface area (Å²) in [5, 5.41) is 0. The highest BCUT2D eigenvalue weighted by Gasteiger charge is 2.34. The smallest absolute Gasteiger partial charge is 0.226 e. The van der Waals surface area contributed by atoms with Crippen molar-refractivity contribution in [2.75, 3.05) is 24.7 Å². The number of carbonyl (C=O) groups is 1. The minimum absolute atomic E-state index is 0.0238. The van der Waals surface area contributed by atoms with Gasteiger partial charge in [0, 0.05) is 12.6 Å². The van der Waals surface area contributed by atoms with Gasteiger partial charge in [-0.15, -0.1) is 0 Å². The van der Waals surface area contributed by atoms with Crippen LogP contribution >= 0.6 is 0 Å². The molecule has 1 aromatic rings. The first kappa shape index (κ1) is 18.8. The number of aryl methyl sites for hydroxylation is 2. The summed E-state index contributed by atoms with van der Waals surface area (Å²) in [6.07, 6.45) is 1.63. The zero-order chi connectivity index (χ0) is 17.7. The van der Waals surface area contributed by atoms with E-state index in [4.69, 9.17) is 4.74 Å². The predicted octanol–water partition coefficient (Wildman–Crippen LogP) is 2.50. The molecule has 6 heteroatoms. The van der Waals surface area contributed by atoms with Crippen LogP contribution in [0.5, 0.6) is 5.75 Å². The van der Waals surface area contributed by atoms with Gasteiger partial charge in [-0.3, -0.25) is 4.79 Å². The maximum absolute atomic E-state index is 12.5. The molecule has 1 amide bonds. The molecule has 5 nitrogen and oxygen atoms in total. The summed E-state index contributed by atoms with van der Waals surface area (Å²) in [7, 11) is -2.99. The van der Waals surface area contributed by atoms with Gasteiger partial charge < -0.3 is 9.64 Å². The monoisotopic (exact) mass is 353 g/mol. The van der Waals surface area contributed by atoms with E-state index < -0.39 is 9.84 Å². The van der Waals surface area contributed by atoms with Crippen molar-refractivity contribution in [3.05, 3.63) is 29.3 Å². The highest BCUT2D eigenvalue weighted by molar-refractivity contribution is 7.91. The number of nitrogens with zero attached hydrogens (tertiary/aromatic N) is 1. The summed E-state index contributed by atoms with van der Waals surface area (Å²) < 4.78 is 29.1. The van der Waals surface area contributed by atoms with Crippen LogP contribution in [0.25, 0.3) is 0 Å². The van der Waals surface area contributed by atoms with E-state index in [0.29, 0.717) is 19.6 Å². The molecule has 1 saturated heterocycles. The normalized spacial score (nSPS) is 19.2. The zero-order valence-electron chi connectivity index (χ0n) is 14.7. The maximum Gasteiger partial charge on any atom is 0.226 e. The molecule has 2 rings (SSSR count). The minimum Gasteiger partial charge on any atom is -0.493 e. The first-order chi connectivity index (χ1) is 11.3. The zero-order valence-corrected chi connectivity index (χ0v) is 15.6. The van der Waals surface area contributed by atoms with Crippen LogP contribution in [0, 0.1) is 13.8 Å². The number of amides is 1. The summed E-state index contributed by atoms with van der Waals surface area (Å²) in [5.74, 6) is 1.05. The Labute approximate surface area is 144 Å². The van der Waals surface area contributed by atoms with Crippen molar-refractivity contribution in [3.63, 3.8) is 0 Å². The summed E-state index contributed by atoms with van der Waals surface area (Å²) in [4.78, 5) is 14.3. The fourth-order valence-electron chi connectivity index (χ4n) is 3.03. The quantitative estimate of drug-likeness (QED) is 0.755. The molecule has 1 atom stereocenters. The van der Waals surface area contributed by atoms with Crippen molar-refractivity contribution in [1.29, 1.82) is 0 Å². The van der Waals surface area contributed by atoms with Gasteiger partial charge in [-0.1, -0.05) is 19.1 Å². The molecule has 0 aromatic heterocycles. The second-order valence-corrected chi connectivity index (χ2v) is 8.74. The third kappa shape index (κ3) is 4.97. The Hall–Kier alpha value is -1.56. The Balaban J connectivity index is 1.92. The van der Waals surface area contributed by atoms with E-state index in [-0.39, 0.29) is 29.9 Å². The fraction of sp³-hybridized carbons (Fsp3) is 0.611. The van der Waals surface area contributed by atoms with Gasteiger partial charge >= 0.3 is 0 Å². The number of carbonyl (C=O) groups excluding carboxylic acids is 1. The molecule has 1 unspecified atom stereocenters. The molecule has 0 bridgehead atoms. The Bertz CT molecular complexity index is 684. The minimum atomic E-state index is -2.99. The van der Waals surface area contributed by atoms with Crippen LogP contribution in [0.4, 0.5) is 0 Å². The van der Waals surface area contributed by atoms with E-state index in [9.17, 15) is 13.2 Å². The van der Waals surface area contributed by atoms with Crippen LogP contribution in [0.2, 0.25) is 0 Å². The van der Waals surface area contributed by atoms with Crippen LogP contribution in [0.1, 0.15) is 37.3 Å². The topological polar surface area (TPSA) is 63.7 Å². The number of ether oxygens (including phenoxy) is 1. The van der Waals surface area contributed by atoms with E-state index in [0.717, 1.165) is 23.3 Å². The molecule has 1 aliphatic rings. The predicted molar refractivity (Wildman–Crippen MR) is 95.1 cm³/mol. The lowest BCUT2D eigenvalue weighted by molar-refractivity contribution is -0.133. The van der Waals surface area contributed by atoms with Crippen molar-refractivity contribution >= 4 is 15.7 Å². The van der Waals surface area contributed by atoms with Crippen LogP contribution in [-0.4, -0.2) is 49.9 Å². The molecule has 0 radical (unpaired) electrons. The third-order valence-electron chi connectivity index (χ3n) is 4.35. The third-order valence-corrected chi connectivity index (χ3v) is 6.10. The van der Waals surface area contributed by atoms with Crippen LogP contribution in [0.3, 0.4) is 0 Å². The van der Waals surface area contributed by atoms with Gasteiger partial charge in [-0.2, -0.15) is 0 Å². The van der Waals surface area contributed by atoms with Crippen molar-refractivity contribution in [2.24, 2.45) is 0 Å². The van der Waals surface area contributed by atoms with Gasteiger partial charge in [-0.05, 0) is 43.9 Å². The van der Waals surface area contributed by atoms with E-state index in [1.54, 1.807) is 4.90 Å². The van der Waals surface area contributed by atoms with Crippen molar-refractivity contribution in [3.8, 4) is 5.75 Å². The van der Waals surface area contributed by atoms with E-state index in [2.05, 4.69) is 0 Å². The molecular formula is C18H27NO4S. The number of rotatable bonds is 7. The lowest BCUT2D eigenvalue weighted by Gasteiger charge is -2.28. The Kier molecular flexibility index (Phi) is 6.27. The van der Waals surface area contributed by atoms with Crippen molar-refractivity contribution in [2.45, 2.75) is 46.1 Å². The highest BCUT2D eigenvalue weighted by atomic mass is 32.2. The first-order valence-electron chi connectivity index (χ1n) is 8.52. The Morgan fingerprint density at radius 2 is 2.08 bits per heavy atom. The Morgan fingerprint density at radius 1 is 1.33 bits per heavy atom. The van der Waals surface area contributed by atoms with Gasteiger partial charge in [0.1, 0.15) is 5.75 Å². The van der Waals surface area contributed by atoms with Crippen molar-refractivity contribution in [1.82, 2.24) is 4.90 Å². The molecule has 0 saturated carbocycles. The fourth-order valence-corrected chi connectivity index (χ4v) is 4.76. The number of benzene rings is 1. The maximum atomic E-state index is 12.5. The Morgan fingerprint density at radius 3 is 2.71 bits per heavy atom. The van der Waals surface area contributed by atoms with E-state index in [1.165, 1.54) is 0 Å². The molecule has 1 heterocycles. The van der Waals surface area contributed by atoms with Crippen molar-refractivity contribution < 1.29 is 17.9 Å². The lowest BCUT2D eigenvalue weighted by Crippen LogP contribution is -2.42. The molecule has 0 N–H and O–H groups in total. The lowest BCUT2D eigenvalue weighted by atomic mass is 10.1. The highest BCUT2D eigenvalue weighted by Crippen LogP contribution is 2.21. The van der Waals surface area contributed by atoms with Gasteiger partial charge in [0.05, 0.1) is 24.5 Å². The van der Waals surface area contributed by atoms with Crippen LogP contribution in [-0.2, 0) is 14.6 Å². The molecule has 1 aliphatic heterocycles. The van der Waals surface area contributed by atoms with Gasteiger partial charge in [0.15, 0.2) is 9.84 Å².